The Kier molecular flexibility index (Phi) is 10.9. The van der Waals surface area contributed by atoms with Crippen LogP contribution in [0.25, 0.3) is 0 Å². The maximum atomic E-state index is 8.78. The molecule has 0 rings (SSSR count). The van der Waals surface area contributed by atoms with Crippen LogP contribution in [0.1, 0.15) is 39.0 Å². The largest absolute Gasteiger partial charge is 0.396 e. The molecule has 0 aliphatic heterocycles. The smallest absolute Gasteiger partial charge is 0.0434 e. The van der Waals surface area contributed by atoms with Gasteiger partial charge in [0.05, 0.1) is 0 Å². The second-order valence-corrected chi connectivity index (χ2v) is 3.77. The Balaban J connectivity index is 3.15. The fraction of sp³-hybridized carbons (Fsp3) is 1.00. The van der Waals surface area contributed by atoms with Crippen molar-refractivity contribution in [2.75, 3.05) is 26.3 Å². The van der Waals surface area contributed by atoms with Crippen molar-refractivity contribution in [1.29, 1.82) is 0 Å². The van der Waals surface area contributed by atoms with Crippen LogP contribution in [0.15, 0.2) is 0 Å². The molecule has 0 aliphatic carbocycles. The summed E-state index contributed by atoms with van der Waals surface area (Å²) in [5, 5.41) is 20.7. The average molecular weight is 203 g/mol. The predicted molar refractivity (Wildman–Crippen MR) is 59.3 cm³/mol. The number of aliphatic hydroxyl groups is 2. The normalized spacial score (nSPS) is 13.1. The minimum atomic E-state index is 0.296. The van der Waals surface area contributed by atoms with Crippen molar-refractivity contribution in [2.24, 2.45) is 5.92 Å². The molecule has 0 saturated carbocycles. The summed E-state index contributed by atoms with van der Waals surface area (Å²) in [6.45, 7) is 4.80. The molecule has 3 nitrogen and oxygen atoms in total. The Morgan fingerprint density at radius 3 is 2.43 bits per heavy atom. The van der Waals surface area contributed by atoms with E-state index >= 15 is 0 Å². The highest BCUT2D eigenvalue weighted by Crippen LogP contribution is 2.05. The second kappa shape index (κ2) is 11.0. The van der Waals surface area contributed by atoms with Gasteiger partial charge in [0.1, 0.15) is 0 Å². The molecule has 1 atom stereocenters. The summed E-state index contributed by atoms with van der Waals surface area (Å²) in [6.07, 6.45) is 5.18. The molecular formula is C11H25NO2. The van der Waals surface area contributed by atoms with Crippen molar-refractivity contribution in [3.63, 3.8) is 0 Å². The van der Waals surface area contributed by atoms with Crippen LogP contribution in [0, 0.1) is 5.92 Å². The van der Waals surface area contributed by atoms with Crippen LogP contribution < -0.4 is 5.32 Å². The number of rotatable bonds is 10. The van der Waals surface area contributed by atoms with Crippen LogP contribution in [0.3, 0.4) is 0 Å². The fourth-order valence-electron chi connectivity index (χ4n) is 1.48. The molecule has 0 aromatic heterocycles. The molecule has 0 radical (unpaired) electrons. The molecule has 14 heavy (non-hydrogen) atoms. The molecule has 0 aliphatic rings. The lowest BCUT2D eigenvalue weighted by Gasteiger charge is -2.13. The molecule has 0 spiro atoms. The summed E-state index contributed by atoms with van der Waals surface area (Å²) in [5.74, 6) is 0.609. The van der Waals surface area contributed by atoms with Gasteiger partial charge in [-0.15, -0.1) is 0 Å². The highest BCUT2D eigenvalue weighted by Gasteiger charge is 2.03. The zero-order chi connectivity index (χ0) is 10.6. The fourth-order valence-corrected chi connectivity index (χ4v) is 1.48. The molecule has 86 valence electrons. The minimum Gasteiger partial charge on any atom is -0.396 e. The lowest BCUT2D eigenvalue weighted by atomic mass is 10.0. The van der Waals surface area contributed by atoms with Crippen LogP contribution >= 0.6 is 0 Å². The molecule has 1 unspecified atom stereocenters. The Bertz CT molecular complexity index is 109. The van der Waals surface area contributed by atoms with Gasteiger partial charge >= 0.3 is 0 Å². The molecule has 0 fully saturated rings. The van der Waals surface area contributed by atoms with E-state index in [1.165, 1.54) is 0 Å². The monoisotopic (exact) mass is 203 g/mol. The number of hydrogen-bond donors (Lipinski definition) is 3. The Morgan fingerprint density at radius 2 is 1.86 bits per heavy atom. The lowest BCUT2D eigenvalue weighted by molar-refractivity contribution is 0.250. The van der Waals surface area contributed by atoms with Crippen LogP contribution in [0.4, 0.5) is 0 Å². The van der Waals surface area contributed by atoms with E-state index in [0.717, 1.165) is 45.2 Å². The van der Waals surface area contributed by atoms with E-state index in [1.807, 2.05) is 0 Å². The van der Waals surface area contributed by atoms with Gasteiger partial charge in [0.25, 0.3) is 0 Å². The van der Waals surface area contributed by atoms with Crippen molar-refractivity contribution in [2.45, 2.75) is 39.0 Å². The Morgan fingerprint density at radius 1 is 1.07 bits per heavy atom. The molecule has 0 saturated heterocycles. The molecule has 0 bridgehead atoms. The molecule has 0 heterocycles. The third kappa shape index (κ3) is 8.48. The van der Waals surface area contributed by atoms with Crippen molar-refractivity contribution in [3.05, 3.63) is 0 Å². The predicted octanol–water partition coefficient (Wildman–Crippen LogP) is 1.15. The zero-order valence-corrected chi connectivity index (χ0v) is 9.34. The molecule has 0 aromatic carbocycles. The summed E-state index contributed by atoms with van der Waals surface area (Å²) >= 11 is 0. The topological polar surface area (TPSA) is 52.5 Å². The first-order valence-electron chi connectivity index (χ1n) is 5.77. The van der Waals surface area contributed by atoms with Gasteiger partial charge in [-0.3, -0.25) is 0 Å². The van der Waals surface area contributed by atoms with Crippen LogP contribution in [-0.2, 0) is 0 Å². The van der Waals surface area contributed by atoms with Gasteiger partial charge in [-0.25, -0.2) is 0 Å². The Labute approximate surface area is 87.5 Å². The van der Waals surface area contributed by atoms with Gasteiger partial charge in [-0.2, -0.15) is 0 Å². The van der Waals surface area contributed by atoms with Gasteiger partial charge in [-0.1, -0.05) is 13.3 Å². The Hall–Kier alpha value is -0.120. The molecule has 3 N–H and O–H groups in total. The number of nitrogens with one attached hydrogen (secondary N) is 1. The van der Waals surface area contributed by atoms with Crippen LogP contribution in [0.5, 0.6) is 0 Å². The second-order valence-electron chi connectivity index (χ2n) is 3.77. The van der Waals surface area contributed by atoms with E-state index in [-0.39, 0.29) is 0 Å². The summed E-state index contributed by atoms with van der Waals surface area (Å²) in [4.78, 5) is 0. The maximum absolute atomic E-state index is 8.78. The quantitative estimate of drug-likeness (QED) is 0.467. The average Bonchev–Trinajstić information content (AvgIpc) is 2.21. The van der Waals surface area contributed by atoms with Gasteiger partial charge in [-0.05, 0) is 44.7 Å². The first-order valence-corrected chi connectivity index (χ1v) is 5.77. The summed E-state index contributed by atoms with van der Waals surface area (Å²) < 4.78 is 0. The van der Waals surface area contributed by atoms with Gasteiger partial charge < -0.3 is 15.5 Å². The van der Waals surface area contributed by atoms with Gasteiger partial charge in [0, 0.05) is 13.2 Å². The summed E-state index contributed by atoms with van der Waals surface area (Å²) in [6, 6.07) is 0. The van der Waals surface area contributed by atoms with Crippen LogP contribution in [0.2, 0.25) is 0 Å². The van der Waals surface area contributed by atoms with E-state index in [0.29, 0.717) is 19.1 Å². The molecule has 3 heteroatoms. The van der Waals surface area contributed by atoms with E-state index in [4.69, 9.17) is 10.2 Å². The highest BCUT2D eigenvalue weighted by molar-refractivity contribution is 4.60. The van der Waals surface area contributed by atoms with Gasteiger partial charge in [0.15, 0.2) is 0 Å². The van der Waals surface area contributed by atoms with E-state index < -0.39 is 0 Å². The summed E-state index contributed by atoms with van der Waals surface area (Å²) in [7, 11) is 0. The van der Waals surface area contributed by atoms with Gasteiger partial charge in [0.2, 0.25) is 0 Å². The SMILES string of the molecule is CCC(CCO)CNCCCCCO. The van der Waals surface area contributed by atoms with Crippen molar-refractivity contribution >= 4 is 0 Å². The summed E-state index contributed by atoms with van der Waals surface area (Å²) in [5.41, 5.74) is 0. The number of unbranched alkanes of at least 4 members (excludes halogenated alkanes) is 2. The first kappa shape index (κ1) is 13.9. The van der Waals surface area contributed by atoms with E-state index in [2.05, 4.69) is 12.2 Å². The number of aliphatic hydroxyl groups excluding tert-OH is 2. The lowest BCUT2D eigenvalue weighted by Crippen LogP contribution is -2.24. The zero-order valence-electron chi connectivity index (χ0n) is 9.34. The van der Waals surface area contributed by atoms with E-state index in [9.17, 15) is 0 Å². The first-order chi connectivity index (χ1) is 6.85. The van der Waals surface area contributed by atoms with Crippen molar-refractivity contribution in [1.82, 2.24) is 5.32 Å². The molecule has 0 aromatic rings. The van der Waals surface area contributed by atoms with E-state index in [1.54, 1.807) is 0 Å². The molecular weight excluding hydrogens is 178 g/mol. The number of hydrogen-bond acceptors (Lipinski definition) is 3. The highest BCUT2D eigenvalue weighted by atomic mass is 16.3. The van der Waals surface area contributed by atoms with Crippen molar-refractivity contribution in [3.8, 4) is 0 Å². The molecule has 0 amide bonds. The maximum Gasteiger partial charge on any atom is 0.0434 e. The third-order valence-corrected chi connectivity index (χ3v) is 2.56. The third-order valence-electron chi connectivity index (χ3n) is 2.56. The standard InChI is InChI=1S/C11H25NO2/c1-2-11(6-9-14)10-12-7-4-3-5-8-13/h11-14H,2-10H2,1H3. The minimum absolute atomic E-state index is 0.296. The van der Waals surface area contributed by atoms with Crippen LogP contribution in [-0.4, -0.2) is 36.5 Å². The van der Waals surface area contributed by atoms with Crippen molar-refractivity contribution < 1.29 is 10.2 Å².